The van der Waals surface area contributed by atoms with E-state index in [1.807, 2.05) is 18.2 Å². The molecular weight excluding hydrogens is 464 g/mol. The van der Waals surface area contributed by atoms with Gasteiger partial charge in [0.05, 0.1) is 17.1 Å². The quantitative estimate of drug-likeness (QED) is 0.569. The molecule has 0 unspecified atom stereocenters. The zero-order chi connectivity index (χ0) is 24.3. The molecule has 1 saturated heterocycles. The second kappa shape index (κ2) is 9.71. The minimum atomic E-state index is -3.88. The van der Waals surface area contributed by atoms with Gasteiger partial charge in [0.2, 0.25) is 0 Å². The number of anilines is 1. The van der Waals surface area contributed by atoms with E-state index in [1.165, 1.54) is 4.31 Å². The molecular formula is C27H28N2O5S. The van der Waals surface area contributed by atoms with Gasteiger partial charge in [0.25, 0.3) is 15.9 Å². The Kier molecular flexibility index (Phi) is 6.49. The van der Waals surface area contributed by atoms with Crippen LogP contribution in [0.5, 0.6) is 5.75 Å². The smallest absolute Gasteiger partial charge is 0.264 e. The summed E-state index contributed by atoms with van der Waals surface area (Å²) in [7, 11) is -3.88. The van der Waals surface area contributed by atoms with Gasteiger partial charge >= 0.3 is 0 Å². The molecule has 182 valence electrons. The zero-order valence-electron chi connectivity index (χ0n) is 19.3. The highest BCUT2D eigenvalue weighted by molar-refractivity contribution is 7.92. The molecule has 2 aliphatic rings. The van der Waals surface area contributed by atoms with Crippen LogP contribution in [0.2, 0.25) is 0 Å². The first-order valence-corrected chi connectivity index (χ1v) is 13.2. The van der Waals surface area contributed by atoms with Crippen molar-refractivity contribution in [2.24, 2.45) is 0 Å². The molecule has 0 saturated carbocycles. The largest absolute Gasteiger partial charge is 0.476 e. The molecule has 0 radical (unpaired) electrons. The summed E-state index contributed by atoms with van der Waals surface area (Å²) in [4.78, 5) is 13.5. The third-order valence-electron chi connectivity index (χ3n) is 6.80. The third-order valence-corrected chi connectivity index (χ3v) is 8.59. The first-order chi connectivity index (χ1) is 17.0. The fourth-order valence-electron chi connectivity index (χ4n) is 4.78. The number of hydrogen-bond acceptors (Lipinski definition) is 5. The van der Waals surface area contributed by atoms with Gasteiger partial charge in [-0.2, -0.15) is 0 Å². The van der Waals surface area contributed by atoms with Crippen LogP contribution in [0.25, 0.3) is 0 Å². The number of carbonyl (C=O) groups excluding carboxylic acids is 1. The maximum Gasteiger partial charge on any atom is 0.264 e. The number of nitrogens with zero attached hydrogens (tertiary/aromatic N) is 1. The third kappa shape index (κ3) is 4.63. The van der Waals surface area contributed by atoms with Crippen LogP contribution in [0.3, 0.4) is 0 Å². The second-order valence-corrected chi connectivity index (χ2v) is 10.8. The lowest BCUT2D eigenvalue weighted by Crippen LogP contribution is -2.53. The highest BCUT2D eigenvalue weighted by Crippen LogP contribution is 2.37. The summed E-state index contributed by atoms with van der Waals surface area (Å²) in [6.45, 7) is 1.57. The van der Waals surface area contributed by atoms with Crippen molar-refractivity contribution in [2.75, 3.05) is 30.6 Å². The summed E-state index contributed by atoms with van der Waals surface area (Å²) in [5.41, 5.74) is 1.34. The molecule has 3 aromatic carbocycles. The molecule has 0 aliphatic carbocycles. The Morgan fingerprint density at radius 1 is 0.914 bits per heavy atom. The van der Waals surface area contributed by atoms with Crippen LogP contribution in [0.15, 0.2) is 89.8 Å². The molecule has 1 fully saturated rings. The molecule has 1 amide bonds. The van der Waals surface area contributed by atoms with Crippen molar-refractivity contribution in [1.82, 2.24) is 5.32 Å². The Bertz CT molecular complexity index is 1280. The van der Waals surface area contributed by atoms with E-state index in [0.29, 0.717) is 31.2 Å². The van der Waals surface area contributed by atoms with Gasteiger partial charge in [-0.1, -0.05) is 60.7 Å². The molecule has 1 N–H and O–H groups in total. The summed E-state index contributed by atoms with van der Waals surface area (Å²) in [6.07, 6.45) is 0.608. The van der Waals surface area contributed by atoms with Crippen LogP contribution in [-0.4, -0.2) is 46.7 Å². The summed E-state index contributed by atoms with van der Waals surface area (Å²) in [5.74, 6) is 0.0248. The lowest BCUT2D eigenvalue weighted by atomic mass is 9.74. The molecule has 0 spiro atoms. The number of sulfonamides is 1. The molecule has 3 aromatic rings. The van der Waals surface area contributed by atoms with E-state index in [9.17, 15) is 13.2 Å². The summed E-state index contributed by atoms with van der Waals surface area (Å²) in [5, 5.41) is 3.06. The second-order valence-electron chi connectivity index (χ2n) is 8.90. The van der Waals surface area contributed by atoms with Crippen molar-refractivity contribution in [3.05, 3.63) is 90.5 Å². The SMILES string of the molecule is O=C(NCC1(c2ccccc2)CCOCC1)[C@@H]1CN(S(=O)(=O)c2ccccc2)c2ccccc2O1. The number of fused-ring (bicyclic) bond motifs is 1. The normalized spacial score (nSPS) is 19.3. The van der Waals surface area contributed by atoms with Crippen molar-refractivity contribution < 1.29 is 22.7 Å². The van der Waals surface area contributed by atoms with Gasteiger partial charge in [-0.05, 0) is 42.7 Å². The number of hydrogen-bond donors (Lipinski definition) is 1. The molecule has 35 heavy (non-hydrogen) atoms. The van der Waals surface area contributed by atoms with Crippen molar-refractivity contribution in [3.8, 4) is 5.75 Å². The molecule has 0 bridgehead atoms. The van der Waals surface area contributed by atoms with E-state index in [2.05, 4.69) is 17.4 Å². The van der Waals surface area contributed by atoms with Gasteiger partial charge in [0.15, 0.2) is 6.10 Å². The van der Waals surface area contributed by atoms with Gasteiger partial charge in [0.1, 0.15) is 5.75 Å². The van der Waals surface area contributed by atoms with Gasteiger partial charge in [-0.3, -0.25) is 9.10 Å². The lowest BCUT2D eigenvalue weighted by molar-refractivity contribution is -0.128. The fourth-order valence-corrected chi connectivity index (χ4v) is 6.27. The van der Waals surface area contributed by atoms with Crippen LogP contribution < -0.4 is 14.4 Å². The number of rotatable bonds is 6. The van der Waals surface area contributed by atoms with Gasteiger partial charge < -0.3 is 14.8 Å². The van der Waals surface area contributed by atoms with E-state index in [-0.39, 0.29) is 22.8 Å². The number of nitrogens with one attached hydrogen (secondary N) is 1. The summed E-state index contributed by atoms with van der Waals surface area (Å²) < 4.78 is 39.8. The van der Waals surface area contributed by atoms with Crippen molar-refractivity contribution in [2.45, 2.75) is 29.3 Å². The van der Waals surface area contributed by atoms with Crippen molar-refractivity contribution in [1.29, 1.82) is 0 Å². The summed E-state index contributed by atoms with van der Waals surface area (Å²) >= 11 is 0. The molecule has 5 rings (SSSR count). The monoisotopic (exact) mass is 492 g/mol. The van der Waals surface area contributed by atoms with Crippen molar-refractivity contribution in [3.63, 3.8) is 0 Å². The van der Waals surface area contributed by atoms with Gasteiger partial charge in [-0.25, -0.2) is 8.42 Å². The summed E-state index contributed by atoms with van der Waals surface area (Å²) in [6, 6.07) is 25.3. The molecule has 2 heterocycles. The highest BCUT2D eigenvalue weighted by Gasteiger charge is 2.39. The standard InChI is InChI=1S/C27H28N2O5S/c30-26(28-20-27(15-17-33-18-16-27)21-9-3-1-4-10-21)25-19-29(23-13-7-8-14-24(23)34-25)35(31,32)22-11-5-2-6-12-22/h1-14,25H,15-20H2,(H,28,30)/t25-/m0/s1. The average molecular weight is 493 g/mol. The van der Waals surface area contributed by atoms with E-state index in [4.69, 9.17) is 9.47 Å². The van der Waals surface area contributed by atoms with E-state index < -0.39 is 16.1 Å². The van der Waals surface area contributed by atoms with E-state index >= 15 is 0 Å². The fraction of sp³-hybridized carbons (Fsp3) is 0.296. The molecule has 8 heteroatoms. The van der Waals surface area contributed by atoms with Gasteiger partial charge in [0, 0.05) is 25.2 Å². The Balaban J connectivity index is 1.39. The number of benzene rings is 3. The Morgan fingerprint density at radius 2 is 1.54 bits per heavy atom. The number of amides is 1. The van der Waals surface area contributed by atoms with Crippen LogP contribution in [0.4, 0.5) is 5.69 Å². The number of para-hydroxylation sites is 2. The molecule has 7 nitrogen and oxygen atoms in total. The van der Waals surface area contributed by atoms with E-state index in [0.717, 1.165) is 18.4 Å². The van der Waals surface area contributed by atoms with Crippen molar-refractivity contribution >= 4 is 21.6 Å². The number of carbonyl (C=O) groups is 1. The van der Waals surface area contributed by atoms with Gasteiger partial charge in [-0.15, -0.1) is 0 Å². The Hall–Kier alpha value is -3.36. The highest BCUT2D eigenvalue weighted by atomic mass is 32.2. The minimum Gasteiger partial charge on any atom is -0.476 e. The maximum atomic E-state index is 13.5. The Labute approximate surface area is 205 Å². The van der Waals surface area contributed by atoms with Crippen LogP contribution >= 0.6 is 0 Å². The molecule has 2 aliphatic heterocycles. The van der Waals surface area contributed by atoms with Crippen LogP contribution in [0, 0.1) is 0 Å². The predicted molar refractivity (Wildman–Crippen MR) is 133 cm³/mol. The minimum absolute atomic E-state index is 0.110. The lowest BCUT2D eigenvalue weighted by Gasteiger charge is -2.39. The maximum absolute atomic E-state index is 13.5. The van der Waals surface area contributed by atoms with Crippen LogP contribution in [0.1, 0.15) is 18.4 Å². The molecule has 0 aromatic heterocycles. The Morgan fingerprint density at radius 3 is 2.26 bits per heavy atom. The first kappa shape index (κ1) is 23.4. The average Bonchev–Trinajstić information content (AvgIpc) is 2.92. The first-order valence-electron chi connectivity index (χ1n) is 11.7. The van der Waals surface area contributed by atoms with Crippen LogP contribution in [-0.2, 0) is 25.0 Å². The van der Waals surface area contributed by atoms with E-state index in [1.54, 1.807) is 54.6 Å². The molecule has 1 atom stereocenters. The predicted octanol–water partition coefficient (Wildman–Crippen LogP) is 3.51. The topological polar surface area (TPSA) is 84.9 Å². The number of ether oxygens (including phenoxy) is 2. The zero-order valence-corrected chi connectivity index (χ0v) is 20.1.